The molecule has 2 nitrogen and oxygen atoms in total. The Balaban J connectivity index is 1.98. The fourth-order valence-electron chi connectivity index (χ4n) is 2.16. The fraction of sp³-hybridized carbons (Fsp3) is 0.571. The van der Waals surface area contributed by atoms with Crippen LogP contribution in [0.1, 0.15) is 26.2 Å². The van der Waals surface area contributed by atoms with Gasteiger partial charge in [-0.3, -0.25) is 0 Å². The van der Waals surface area contributed by atoms with Gasteiger partial charge in [0.1, 0.15) is 0 Å². The highest BCUT2D eigenvalue weighted by Gasteiger charge is 2.23. The molecule has 1 fully saturated rings. The lowest BCUT2D eigenvalue weighted by Gasteiger charge is -2.18. The third-order valence-corrected chi connectivity index (χ3v) is 3.53. The van der Waals surface area contributed by atoms with E-state index in [-0.39, 0.29) is 0 Å². The van der Waals surface area contributed by atoms with Gasteiger partial charge in [0, 0.05) is 25.8 Å². The van der Waals surface area contributed by atoms with Gasteiger partial charge in [0.15, 0.2) is 0 Å². The zero-order valence-electron chi connectivity index (χ0n) is 10.8. The van der Waals surface area contributed by atoms with Crippen LogP contribution < -0.4 is 10.2 Å². The third kappa shape index (κ3) is 3.53. The third-order valence-electron chi connectivity index (χ3n) is 3.23. The number of hydrogen-bond acceptors (Lipinski definition) is 2. The van der Waals surface area contributed by atoms with Crippen LogP contribution in [0.15, 0.2) is 18.2 Å². The van der Waals surface area contributed by atoms with E-state index in [9.17, 15) is 0 Å². The normalized spacial score (nSPS) is 16.7. The molecule has 0 radical (unpaired) electrons. The molecule has 1 atom stereocenters. The van der Waals surface area contributed by atoms with Crippen molar-refractivity contribution in [3.8, 4) is 0 Å². The van der Waals surface area contributed by atoms with E-state index in [0.717, 1.165) is 22.3 Å². The molecular weight excluding hydrogens is 232 g/mol. The van der Waals surface area contributed by atoms with E-state index in [1.54, 1.807) is 0 Å². The van der Waals surface area contributed by atoms with Gasteiger partial charge >= 0.3 is 0 Å². The maximum absolute atomic E-state index is 6.24. The quantitative estimate of drug-likeness (QED) is 0.852. The van der Waals surface area contributed by atoms with Gasteiger partial charge in [-0.2, -0.15) is 0 Å². The predicted octanol–water partition coefficient (Wildman–Crippen LogP) is 4.01. The summed E-state index contributed by atoms with van der Waals surface area (Å²) in [5.74, 6) is 0.953. The Morgan fingerprint density at radius 2 is 2.12 bits per heavy atom. The summed E-state index contributed by atoms with van der Waals surface area (Å²) >= 11 is 6.24. The van der Waals surface area contributed by atoms with E-state index in [1.807, 2.05) is 25.1 Å². The molecule has 1 aromatic carbocycles. The highest BCUT2D eigenvalue weighted by atomic mass is 35.5. The van der Waals surface area contributed by atoms with Crippen molar-refractivity contribution in [1.29, 1.82) is 0 Å². The number of anilines is 2. The highest BCUT2D eigenvalue weighted by molar-refractivity contribution is 6.33. The molecule has 17 heavy (non-hydrogen) atoms. The van der Waals surface area contributed by atoms with Crippen LogP contribution in [-0.2, 0) is 0 Å². The number of benzene rings is 1. The number of nitrogens with zero attached hydrogens (tertiary/aromatic N) is 1. The maximum atomic E-state index is 6.24. The van der Waals surface area contributed by atoms with Crippen molar-refractivity contribution < 1.29 is 0 Å². The van der Waals surface area contributed by atoms with Crippen LogP contribution in [0.3, 0.4) is 0 Å². The van der Waals surface area contributed by atoms with Crippen LogP contribution >= 0.6 is 11.6 Å². The van der Waals surface area contributed by atoms with Crippen molar-refractivity contribution in [2.75, 3.05) is 24.3 Å². The van der Waals surface area contributed by atoms with E-state index in [1.165, 1.54) is 19.3 Å². The number of halogens is 1. The Hall–Kier alpha value is -0.890. The summed E-state index contributed by atoms with van der Waals surface area (Å²) in [6.45, 7) is 2.24. The van der Waals surface area contributed by atoms with Gasteiger partial charge in [-0.25, -0.2) is 0 Å². The van der Waals surface area contributed by atoms with Crippen molar-refractivity contribution in [3.05, 3.63) is 23.2 Å². The molecule has 0 aromatic heterocycles. The Labute approximate surface area is 109 Å². The zero-order valence-corrected chi connectivity index (χ0v) is 11.6. The summed E-state index contributed by atoms with van der Waals surface area (Å²) in [7, 11) is 4.01. The summed E-state index contributed by atoms with van der Waals surface area (Å²) in [4.78, 5) is 2.03. The molecule has 0 amide bonds. The van der Waals surface area contributed by atoms with Crippen molar-refractivity contribution in [1.82, 2.24) is 0 Å². The molecule has 0 aliphatic heterocycles. The van der Waals surface area contributed by atoms with Gasteiger partial charge < -0.3 is 10.2 Å². The molecule has 1 saturated carbocycles. The van der Waals surface area contributed by atoms with Crippen molar-refractivity contribution in [2.45, 2.75) is 32.2 Å². The lowest BCUT2D eigenvalue weighted by atomic mass is 10.1. The summed E-state index contributed by atoms with van der Waals surface area (Å²) in [5.41, 5.74) is 2.18. The molecule has 1 aliphatic rings. The molecule has 2 rings (SSSR count). The van der Waals surface area contributed by atoms with Crippen LogP contribution in [0.25, 0.3) is 0 Å². The summed E-state index contributed by atoms with van der Waals surface area (Å²) in [6, 6.07) is 6.71. The first kappa shape index (κ1) is 12.6. The lowest BCUT2D eigenvalue weighted by Crippen LogP contribution is -2.16. The van der Waals surface area contributed by atoms with Gasteiger partial charge in [0.05, 0.1) is 10.7 Å². The van der Waals surface area contributed by atoms with E-state index < -0.39 is 0 Å². The second kappa shape index (κ2) is 5.18. The lowest BCUT2D eigenvalue weighted by molar-refractivity contribution is 0.642. The number of nitrogens with one attached hydrogen (secondary N) is 1. The molecule has 94 valence electrons. The topological polar surface area (TPSA) is 15.3 Å². The number of hydrogen-bond donors (Lipinski definition) is 1. The standard InChI is InChI=1S/C14H21ClN2/c1-10(8-11-4-5-11)16-12-6-7-14(17(2)3)13(15)9-12/h6-7,9-11,16H,4-5,8H2,1-3H3. The fourth-order valence-corrected chi connectivity index (χ4v) is 2.51. The van der Waals surface area contributed by atoms with Gasteiger partial charge in [-0.05, 0) is 37.5 Å². The molecule has 1 aromatic rings. The monoisotopic (exact) mass is 252 g/mol. The summed E-state index contributed by atoms with van der Waals surface area (Å²) in [5, 5.41) is 4.32. The van der Waals surface area contributed by atoms with E-state index in [2.05, 4.69) is 24.4 Å². The Bertz CT molecular complexity index is 386. The Morgan fingerprint density at radius 3 is 2.65 bits per heavy atom. The van der Waals surface area contributed by atoms with Crippen LogP contribution in [0.4, 0.5) is 11.4 Å². The summed E-state index contributed by atoms with van der Waals surface area (Å²) in [6.07, 6.45) is 4.09. The molecule has 3 heteroatoms. The first-order valence-corrected chi connectivity index (χ1v) is 6.67. The Morgan fingerprint density at radius 1 is 1.41 bits per heavy atom. The van der Waals surface area contributed by atoms with Crippen molar-refractivity contribution in [3.63, 3.8) is 0 Å². The van der Waals surface area contributed by atoms with Crippen molar-refractivity contribution >= 4 is 23.0 Å². The van der Waals surface area contributed by atoms with Crippen LogP contribution in [0, 0.1) is 5.92 Å². The van der Waals surface area contributed by atoms with E-state index >= 15 is 0 Å². The predicted molar refractivity (Wildman–Crippen MR) is 76.2 cm³/mol. The maximum Gasteiger partial charge on any atom is 0.0659 e. The second-order valence-corrected chi connectivity index (χ2v) is 5.69. The van der Waals surface area contributed by atoms with Crippen molar-refractivity contribution in [2.24, 2.45) is 5.92 Å². The first-order chi connectivity index (χ1) is 8.06. The molecule has 1 aliphatic carbocycles. The minimum atomic E-state index is 0.531. The van der Waals surface area contributed by atoms with Gasteiger partial charge in [0.25, 0.3) is 0 Å². The van der Waals surface area contributed by atoms with E-state index in [4.69, 9.17) is 11.6 Å². The van der Waals surface area contributed by atoms with Gasteiger partial charge in [-0.1, -0.05) is 24.4 Å². The molecule has 0 saturated heterocycles. The molecule has 1 N–H and O–H groups in total. The first-order valence-electron chi connectivity index (χ1n) is 6.29. The minimum absolute atomic E-state index is 0.531. The second-order valence-electron chi connectivity index (χ2n) is 5.29. The minimum Gasteiger partial charge on any atom is -0.383 e. The Kier molecular flexibility index (Phi) is 3.82. The van der Waals surface area contributed by atoms with E-state index in [0.29, 0.717) is 6.04 Å². The van der Waals surface area contributed by atoms with Crippen LogP contribution in [0.5, 0.6) is 0 Å². The van der Waals surface area contributed by atoms with Gasteiger partial charge in [-0.15, -0.1) is 0 Å². The SMILES string of the molecule is CC(CC1CC1)Nc1ccc(N(C)C)c(Cl)c1. The average molecular weight is 253 g/mol. The molecule has 0 bridgehead atoms. The van der Waals surface area contributed by atoms with Crippen LogP contribution in [0.2, 0.25) is 5.02 Å². The molecule has 0 spiro atoms. The largest absolute Gasteiger partial charge is 0.383 e. The average Bonchev–Trinajstić information content (AvgIpc) is 3.00. The number of rotatable bonds is 5. The summed E-state index contributed by atoms with van der Waals surface area (Å²) < 4.78 is 0. The van der Waals surface area contributed by atoms with Crippen LogP contribution in [-0.4, -0.2) is 20.1 Å². The smallest absolute Gasteiger partial charge is 0.0659 e. The highest BCUT2D eigenvalue weighted by Crippen LogP contribution is 2.34. The molecule has 1 unspecified atom stereocenters. The molecular formula is C14H21ClN2. The molecule has 0 heterocycles. The van der Waals surface area contributed by atoms with Gasteiger partial charge in [0.2, 0.25) is 0 Å². The zero-order chi connectivity index (χ0) is 12.4.